The number of rotatable bonds is 4. The van der Waals surface area contributed by atoms with Crippen molar-refractivity contribution in [3.05, 3.63) is 28.8 Å². The molecule has 0 atom stereocenters. The minimum Gasteiger partial charge on any atom is -0.452 e. The molecule has 0 radical (unpaired) electrons. The topological polar surface area (TPSA) is 107 Å². The maximum absolute atomic E-state index is 11.7. The van der Waals surface area contributed by atoms with Crippen LogP contribution in [-0.4, -0.2) is 45.9 Å². The molecule has 9 heteroatoms. The average molecular weight is 321 g/mol. The Hall–Kier alpha value is -1.64. The Kier molecular flexibility index (Phi) is 5.09. The molecule has 110 valence electrons. The van der Waals surface area contributed by atoms with Crippen LogP contribution in [0.1, 0.15) is 10.4 Å². The van der Waals surface area contributed by atoms with Crippen molar-refractivity contribution in [3.63, 3.8) is 0 Å². The molecule has 0 heterocycles. The summed E-state index contributed by atoms with van der Waals surface area (Å²) in [4.78, 5) is 23.8. The van der Waals surface area contributed by atoms with Crippen molar-refractivity contribution >= 4 is 33.5 Å². The number of benzene rings is 1. The number of amides is 1. The van der Waals surface area contributed by atoms with E-state index in [1.807, 2.05) is 0 Å². The highest BCUT2D eigenvalue weighted by atomic mass is 35.5. The summed E-state index contributed by atoms with van der Waals surface area (Å²) >= 11 is 5.68. The lowest BCUT2D eigenvalue weighted by Gasteiger charge is -2.11. The van der Waals surface area contributed by atoms with Gasteiger partial charge in [0.05, 0.1) is 10.6 Å². The van der Waals surface area contributed by atoms with Gasteiger partial charge in [-0.3, -0.25) is 4.79 Å². The molecule has 7 nitrogen and oxygen atoms in total. The molecule has 1 rings (SSSR count). The van der Waals surface area contributed by atoms with Gasteiger partial charge >= 0.3 is 5.97 Å². The molecule has 1 aromatic rings. The van der Waals surface area contributed by atoms with Crippen LogP contribution in [0.4, 0.5) is 0 Å². The zero-order valence-electron chi connectivity index (χ0n) is 10.8. The maximum Gasteiger partial charge on any atom is 0.338 e. The molecular formula is C11H13ClN2O5S. The van der Waals surface area contributed by atoms with Gasteiger partial charge in [-0.2, -0.15) is 0 Å². The van der Waals surface area contributed by atoms with Crippen LogP contribution in [0.15, 0.2) is 23.1 Å². The van der Waals surface area contributed by atoms with Crippen LogP contribution in [-0.2, 0) is 19.6 Å². The van der Waals surface area contributed by atoms with Crippen molar-refractivity contribution in [2.75, 3.05) is 20.7 Å². The quantitative estimate of drug-likeness (QED) is 0.799. The van der Waals surface area contributed by atoms with Gasteiger partial charge in [-0.25, -0.2) is 18.4 Å². The Balaban J connectivity index is 2.93. The first-order valence-corrected chi connectivity index (χ1v) is 7.25. The zero-order chi connectivity index (χ0) is 15.5. The second-order valence-electron chi connectivity index (χ2n) is 4.05. The Morgan fingerprint density at radius 3 is 2.45 bits per heavy atom. The summed E-state index contributed by atoms with van der Waals surface area (Å²) in [6.45, 7) is -0.445. The number of primary sulfonamides is 1. The lowest BCUT2D eigenvalue weighted by atomic mass is 10.2. The number of nitrogens with two attached hydrogens (primary N) is 1. The van der Waals surface area contributed by atoms with E-state index < -0.39 is 28.5 Å². The number of carbonyl (C=O) groups is 2. The summed E-state index contributed by atoms with van der Waals surface area (Å²) in [5.74, 6) is -1.25. The minimum atomic E-state index is -4.05. The van der Waals surface area contributed by atoms with Crippen molar-refractivity contribution in [1.82, 2.24) is 4.90 Å². The summed E-state index contributed by atoms with van der Waals surface area (Å²) in [6, 6.07) is 3.49. The Morgan fingerprint density at radius 2 is 1.95 bits per heavy atom. The molecule has 0 aliphatic rings. The van der Waals surface area contributed by atoms with Crippen LogP contribution < -0.4 is 5.14 Å². The lowest BCUT2D eigenvalue weighted by molar-refractivity contribution is -0.131. The SMILES string of the molecule is CN(C)C(=O)COC(=O)c1ccc(Cl)c(S(N)(=O)=O)c1. The summed E-state index contributed by atoms with van der Waals surface area (Å²) in [5.41, 5.74) is -0.0648. The molecule has 1 aromatic carbocycles. The third-order valence-electron chi connectivity index (χ3n) is 2.30. The van der Waals surface area contributed by atoms with E-state index >= 15 is 0 Å². The predicted molar refractivity (Wildman–Crippen MR) is 71.8 cm³/mol. The van der Waals surface area contributed by atoms with E-state index in [4.69, 9.17) is 21.5 Å². The van der Waals surface area contributed by atoms with E-state index in [0.717, 1.165) is 6.07 Å². The first kappa shape index (κ1) is 16.4. The van der Waals surface area contributed by atoms with E-state index in [0.29, 0.717) is 0 Å². The first-order chi connectivity index (χ1) is 9.12. The maximum atomic E-state index is 11.7. The van der Waals surface area contributed by atoms with Gasteiger partial charge in [-0.15, -0.1) is 0 Å². The molecule has 1 amide bonds. The first-order valence-electron chi connectivity index (χ1n) is 5.32. The van der Waals surface area contributed by atoms with Gasteiger partial charge < -0.3 is 9.64 Å². The Bertz CT molecular complexity index is 642. The third-order valence-corrected chi connectivity index (χ3v) is 3.69. The molecule has 0 aliphatic carbocycles. The van der Waals surface area contributed by atoms with Crippen molar-refractivity contribution in [2.24, 2.45) is 5.14 Å². The molecule has 20 heavy (non-hydrogen) atoms. The molecule has 2 N–H and O–H groups in total. The number of halogens is 1. The highest BCUT2D eigenvalue weighted by Gasteiger charge is 2.18. The van der Waals surface area contributed by atoms with Gasteiger partial charge in [0, 0.05) is 14.1 Å². The number of nitrogens with zero attached hydrogens (tertiary/aromatic N) is 1. The number of hydrogen-bond donors (Lipinski definition) is 1. The van der Waals surface area contributed by atoms with E-state index in [1.165, 1.54) is 31.1 Å². The number of carbonyl (C=O) groups excluding carboxylic acids is 2. The summed E-state index contributed by atoms with van der Waals surface area (Å²) in [7, 11) is -1.03. The fourth-order valence-electron chi connectivity index (χ4n) is 1.19. The van der Waals surface area contributed by atoms with E-state index in [1.54, 1.807) is 0 Å². The fourth-order valence-corrected chi connectivity index (χ4v) is 2.26. The number of hydrogen-bond acceptors (Lipinski definition) is 5. The van der Waals surface area contributed by atoms with Crippen LogP contribution in [0, 0.1) is 0 Å². The second-order valence-corrected chi connectivity index (χ2v) is 5.99. The number of esters is 1. The molecule has 0 aromatic heterocycles. The third kappa shape index (κ3) is 4.19. The van der Waals surface area contributed by atoms with Crippen LogP contribution >= 0.6 is 11.6 Å². The normalized spacial score (nSPS) is 11.0. The molecule has 0 saturated heterocycles. The number of likely N-dealkylation sites (N-methyl/N-ethyl adjacent to an activating group) is 1. The smallest absolute Gasteiger partial charge is 0.338 e. The van der Waals surface area contributed by atoms with E-state index in [9.17, 15) is 18.0 Å². The average Bonchev–Trinajstić information content (AvgIpc) is 2.34. The summed E-state index contributed by atoms with van der Waals surface area (Å²) in [6.07, 6.45) is 0. The van der Waals surface area contributed by atoms with Gasteiger partial charge in [0.1, 0.15) is 4.90 Å². The second kappa shape index (κ2) is 6.21. The van der Waals surface area contributed by atoms with Gasteiger partial charge in [-0.1, -0.05) is 11.6 Å². The molecule has 0 spiro atoms. The summed E-state index contributed by atoms with van der Waals surface area (Å²) in [5, 5.41) is 4.86. The molecule has 0 fully saturated rings. The van der Waals surface area contributed by atoms with E-state index in [2.05, 4.69) is 0 Å². The summed E-state index contributed by atoms with van der Waals surface area (Å²) < 4.78 is 27.3. The Morgan fingerprint density at radius 1 is 1.35 bits per heavy atom. The predicted octanol–water partition coefficient (Wildman–Crippen LogP) is 0.232. The number of sulfonamides is 1. The highest BCUT2D eigenvalue weighted by molar-refractivity contribution is 7.89. The van der Waals surface area contributed by atoms with Crippen LogP contribution in [0.2, 0.25) is 5.02 Å². The minimum absolute atomic E-state index is 0.0648. The van der Waals surface area contributed by atoms with Crippen molar-refractivity contribution in [3.8, 4) is 0 Å². The van der Waals surface area contributed by atoms with Crippen LogP contribution in [0.25, 0.3) is 0 Å². The largest absolute Gasteiger partial charge is 0.452 e. The number of ether oxygens (including phenoxy) is 1. The molecule has 0 saturated carbocycles. The molecule has 0 bridgehead atoms. The molecule has 0 aliphatic heterocycles. The standard InChI is InChI=1S/C11H13ClN2O5S/c1-14(2)10(15)6-19-11(16)7-3-4-8(12)9(5-7)20(13,17)18/h3-5H,6H2,1-2H3,(H2,13,17,18). The molecule has 0 unspecified atom stereocenters. The lowest BCUT2D eigenvalue weighted by Crippen LogP contribution is -2.27. The molecular weight excluding hydrogens is 308 g/mol. The van der Waals surface area contributed by atoms with E-state index in [-0.39, 0.29) is 15.5 Å². The van der Waals surface area contributed by atoms with Crippen molar-refractivity contribution in [2.45, 2.75) is 4.90 Å². The van der Waals surface area contributed by atoms with Gasteiger partial charge in [0.15, 0.2) is 6.61 Å². The monoisotopic (exact) mass is 320 g/mol. The highest BCUT2D eigenvalue weighted by Crippen LogP contribution is 2.21. The van der Waals surface area contributed by atoms with Crippen molar-refractivity contribution in [1.29, 1.82) is 0 Å². The van der Waals surface area contributed by atoms with Gasteiger partial charge in [0.25, 0.3) is 5.91 Å². The zero-order valence-corrected chi connectivity index (χ0v) is 12.4. The fraction of sp³-hybridized carbons (Fsp3) is 0.273. The van der Waals surface area contributed by atoms with Crippen LogP contribution in [0.3, 0.4) is 0 Å². The Labute approximate surface area is 121 Å². The van der Waals surface area contributed by atoms with Crippen LogP contribution in [0.5, 0.6) is 0 Å². The van der Waals surface area contributed by atoms with Crippen molar-refractivity contribution < 1.29 is 22.7 Å². The van der Waals surface area contributed by atoms with Gasteiger partial charge in [-0.05, 0) is 18.2 Å². The van der Waals surface area contributed by atoms with Gasteiger partial charge in [0.2, 0.25) is 10.0 Å².